The second-order valence-corrected chi connectivity index (χ2v) is 6.57. The van der Waals surface area contributed by atoms with Crippen molar-refractivity contribution in [3.05, 3.63) is 24.1 Å². The number of fused-ring (bicyclic) bond motifs is 1. The first-order valence-electron chi connectivity index (χ1n) is 5.91. The van der Waals surface area contributed by atoms with Gasteiger partial charge >= 0.3 is 0 Å². The van der Waals surface area contributed by atoms with Gasteiger partial charge in [-0.15, -0.1) is 0 Å². The lowest BCUT2D eigenvalue weighted by molar-refractivity contribution is 0.389. The van der Waals surface area contributed by atoms with Gasteiger partial charge in [0.25, 0.3) is 0 Å². The summed E-state index contributed by atoms with van der Waals surface area (Å²) in [5.41, 5.74) is 2.09. The van der Waals surface area contributed by atoms with Crippen LogP contribution in [0.4, 0.5) is 0 Å². The van der Waals surface area contributed by atoms with Crippen molar-refractivity contribution in [2.45, 2.75) is 12.7 Å². The van der Waals surface area contributed by atoms with Crippen molar-refractivity contribution in [3.8, 4) is 11.4 Å². The van der Waals surface area contributed by atoms with Gasteiger partial charge in [0.05, 0.1) is 0 Å². The van der Waals surface area contributed by atoms with Crippen LogP contribution in [0.15, 0.2) is 22.7 Å². The first-order valence-corrected chi connectivity index (χ1v) is 7.73. The van der Waals surface area contributed by atoms with E-state index in [1.807, 2.05) is 0 Å². The molecule has 0 aliphatic heterocycles. The van der Waals surface area contributed by atoms with Gasteiger partial charge in [-0.1, -0.05) is 12.1 Å². The van der Waals surface area contributed by atoms with Gasteiger partial charge in [-0.05, 0) is 18.2 Å². The highest BCUT2D eigenvalue weighted by Crippen LogP contribution is 2.20. The molecule has 2 aromatic heterocycles. The Labute approximate surface area is 114 Å². The molecule has 1 N–H and O–H groups in total. The standard InChI is InChI=1S/C11H11N5O3S/c1-2-20(17,18)6-10-12-11(15-19-10)7-3-4-8-9(5-7)14-16-13-8/h3-5H,2,6H2,1H3,(H,13,14,16). The molecule has 0 aliphatic carbocycles. The molecule has 1 aromatic carbocycles. The van der Waals surface area contributed by atoms with Crippen LogP contribution in [-0.4, -0.2) is 39.7 Å². The zero-order chi connectivity index (χ0) is 14.2. The molecule has 0 bridgehead atoms. The van der Waals surface area contributed by atoms with Crippen LogP contribution in [0.1, 0.15) is 12.8 Å². The Morgan fingerprint density at radius 3 is 2.85 bits per heavy atom. The molecule has 0 saturated carbocycles. The van der Waals surface area contributed by atoms with Crippen molar-refractivity contribution < 1.29 is 12.9 Å². The minimum atomic E-state index is -3.19. The summed E-state index contributed by atoms with van der Waals surface area (Å²) in [6, 6.07) is 5.29. The summed E-state index contributed by atoms with van der Waals surface area (Å²) in [6.07, 6.45) is 0. The average molecular weight is 293 g/mol. The zero-order valence-electron chi connectivity index (χ0n) is 10.6. The van der Waals surface area contributed by atoms with E-state index in [2.05, 4.69) is 25.6 Å². The molecule has 0 atom stereocenters. The number of nitrogens with zero attached hydrogens (tertiary/aromatic N) is 4. The van der Waals surface area contributed by atoms with Crippen LogP contribution in [0, 0.1) is 0 Å². The van der Waals surface area contributed by atoms with E-state index < -0.39 is 9.84 Å². The Balaban J connectivity index is 1.93. The minimum absolute atomic E-state index is 0.0373. The summed E-state index contributed by atoms with van der Waals surface area (Å²) < 4.78 is 28.0. The van der Waals surface area contributed by atoms with Crippen LogP contribution in [-0.2, 0) is 15.6 Å². The average Bonchev–Trinajstić information content (AvgIpc) is 3.05. The third-order valence-electron chi connectivity index (χ3n) is 2.83. The lowest BCUT2D eigenvalue weighted by Gasteiger charge is -1.94. The van der Waals surface area contributed by atoms with E-state index >= 15 is 0 Å². The number of benzene rings is 1. The molecule has 0 saturated heterocycles. The van der Waals surface area contributed by atoms with E-state index in [0.717, 1.165) is 5.52 Å². The highest BCUT2D eigenvalue weighted by atomic mass is 32.2. The van der Waals surface area contributed by atoms with Crippen molar-refractivity contribution in [3.63, 3.8) is 0 Å². The highest BCUT2D eigenvalue weighted by Gasteiger charge is 2.16. The summed E-state index contributed by atoms with van der Waals surface area (Å²) in [5.74, 6) is 0.205. The minimum Gasteiger partial charge on any atom is -0.338 e. The highest BCUT2D eigenvalue weighted by molar-refractivity contribution is 7.90. The first-order chi connectivity index (χ1) is 9.57. The lowest BCUT2D eigenvalue weighted by Crippen LogP contribution is -2.06. The fourth-order valence-electron chi connectivity index (χ4n) is 1.70. The van der Waals surface area contributed by atoms with E-state index in [1.165, 1.54) is 0 Å². The normalized spacial score (nSPS) is 12.1. The van der Waals surface area contributed by atoms with Gasteiger partial charge in [-0.25, -0.2) is 8.42 Å². The van der Waals surface area contributed by atoms with Gasteiger partial charge in [0.1, 0.15) is 16.8 Å². The summed E-state index contributed by atoms with van der Waals surface area (Å²) in [4.78, 5) is 4.09. The quantitative estimate of drug-likeness (QED) is 0.761. The Hall–Kier alpha value is -2.29. The van der Waals surface area contributed by atoms with E-state index in [1.54, 1.807) is 25.1 Å². The van der Waals surface area contributed by atoms with E-state index in [4.69, 9.17) is 4.52 Å². The third kappa shape index (κ3) is 2.39. The molecule has 8 nitrogen and oxygen atoms in total. The van der Waals surface area contributed by atoms with E-state index in [-0.39, 0.29) is 17.4 Å². The summed E-state index contributed by atoms with van der Waals surface area (Å²) in [7, 11) is -3.19. The van der Waals surface area contributed by atoms with Crippen molar-refractivity contribution in [1.29, 1.82) is 0 Å². The Bertz CT molecular complexity index is 852. The molecular formula is C11H11N5O3S. The number of H-pyrrole nitrogens is 1. The number of rotatable bonds is 4. The number of hydrogen-bond acceptors (Lipinski definition) is 7. The molecule has 0 amide bonds. The van der Waals surface area contributed by atoms with Crippen LogP contribution in [0.2, 0.25) is 0 Å². The molecule has 3 rings (SSSR count). The SMILES string of the molecule is CCS(=O)(=O)Cc1nc(-c2ccc3n[nH]nc3c2)no1. The molecule has 0 fully saturated rings. The summed E-state index contributed by atoms with van der Waals surface area (Å²) >= 11 is 0. The monoisotopic (exact) mass is 293 g/mol. The van der Waals surface area contributed by atoms with Gasteiger partial charge in [0, 0.05) is 11.3 Å². The second kappa shape index (κ2) is 4.67. The van der Waals surface area contributed by atoms with Crippen LogP contribution >= 0.6 is 0 Å². The van der Waals surface area contributed by atoms with Gasteiger partial charge < -0.3 is 4.52 Å². The molecule has 9 heteroatoms. The predicted octanol–water partition coefficient (Wildman–Crippen LogP) is 0.943. The summed E-state index contributed by atoms with van der Waals surface area (Å²) in [6.45, 7) is 1.57. The molecule has 0 aliphatic rings. The molecule has 2 heterocycles. The molecule has 0 unspecified atom stereocenters. The fraction of sp³-hybridized carbons (Fsp3) is 0.273. The number of aromatic nitrogens is 5. The summed E-state index contributed by atoms with van der Waals surface area (Å²) in [5, 5.41) is 14.2. The molecule has 104 valence electrons. The van der Waals surface area contributed by atoms with Crippen molar-refractivity contribution in [1.82, 2.24) is 25.6 Å². The maximum absolute atomic E-state index is 11.5. The largest absolute Gasteiger partial charge is 0.338 e. The zero-order valence-corrected chi connectivity index (χ0v) is 11.4. The van der Waals surface area contributed by atoms with Crippen molar-refractivity contribution in [2.75, 3.05) is 5.75 Å². The topological polar surface area (TPSA) is 115 Å². The van der Waals surface area contributed by atoms with E-state index in [0.29, 0.717) is 16.9 Å². The van der Waals surface area contributed by atoms with Crippen LogP contribution in [0.25, 0.3) is 22.4 Å². The fourth-order valence-corrected chi connectivity index (χ4v) is 2.40. The van der Waals surface area contributed by atoms with Crippen LogP contribution in [0.5, 0.6) is 0 Å². The Kier molecular flexibility index (Phi) is 2.97. The molecule has 3 aromatic rings. The van der Waals surface area contributed by atoms with Crippen LogP contribution in [0.3, 0.4) is 0 Å². The number of aromatic amines is 1. The molecule has 20 heavy (non-hydrogen) atoms. The van der Waals surface area contributed by atoms with Gasteiger partial charge in [0.15, 0.2) is 9.84 Å². The van der Waals surface area contributed by atoms with E-state index in [9.17, 15) is 8.42 Å². The van der Waals surface area contributed by atoms with Gasteiger partial charge in [0.2, 0.25) is 11.7 Å². The third-order valence-corrected chi connectivity index (χ3v) is 4.39. The molecular weight excluding hydrogens is 282 g/mol. The molecule has 0 radical (unpaired) electrons. The number of nitrogens with one attached hydrogen (secondary N) is 1. The Morgan fingerprint density at radius 1 is 1.25 bits per heavy atom. The molecule has 0 spiro atoms. The predicted molar refractivity (Wildman–Crippen MR) is 70.3 cm³/mol. The first kappa shape index (κ1) is 12.7. The van der Waals surface area contributed by atoms with Gasteiger partial charge in [-0.2, -0.15) is 20.4 Å². The maximum Gasteiger partial charge on any atom is 0.242 e. The van der Waals surface area contributed by atoms with Crippen molar-refractivity contribution in [2.24, 2.45) is 0 Å². The maximum atomic E-state index is 11.5. The number of sulfone groups is 1. The lowest BCUT2D eigenvalue weighted by atomic mass is 10.2. The second-order valence-electron chi connectivity index (χ2n) is 4.22. The van der Waals surface area contributed by atoms with Crippen molar-refractivity contribution >= 4 is 20.9 Å². The number of hydrogen-bond donors (Lipinski definition) is 1. The Morgan fingerprint density at radius 2 is 2.05 bits per heavy atom. The van der Waals surface area contributed by atoms with Crippen LogP contribution < -0.4 is 0 Å². The van der Waals surface area contributed by atoms with Gasteiger partial charge in [-0.3, -0.25) is 0 Å². The smallest absolute Gasteiger partial charge is 0.242 e.